The van der Waals surface area contributed by atoms with Crippen LogP contribution < -0.4 is 9.62 Å². The molecule has 1 aliphatic heterocycles. The molecule has 0 unspecified atom stereocenters. The van der Waals surface area contributed by atoms with Gasteiger partial charge in [-0.05, 0) is 51.0 Å². The molecule has 1 N–H and O–H groups in total. The first-order valence-corrected chi connectivity index (χ1v) is 9.68. The summed E-state index contributed by atoms with van der Waals surface area (Å²) in [5.74, 6) is 0.384. The number of rotatable bonds is 4. The van der Waals surface area contributed by atoms with Gasteiger partial charge in [0, 0.05) is 30.8 Å². The van der Waals surface area contributed by atoms with Gasteiger partial charge in [-0.25, -0.2) is 13.1 Å². The monoisotopic (exact) mass is 362 g/mol. The van der Waals surface area contributed by atoms with Crippen molar-refractivity contribution in [2.75, 3.05) is 9.62 Å². The normalized spacial score (nSPS) is 17.0. The van der Waals surface area contributed by atoms with E-state index in [1.54, 1.807) is 34.0 Å². The molecule has 1 amide bonds. The minimum Gasteiger partial charge on any atom is -0.309 e. The Morgan fingerprint density at radius 3 is 2.68 bits per heavy atom. The Hall–Kier alpha value is -2.35. The van der Waals surface area contributed by atoms with Gasteiger partial charge >= 0.3 is 0 Å². The number of anilines is 2. The van der Waals surface area contributed by atoms with E-state index in [1.807, 2.05) is 20.8 Å². The number of aromatic nitrogens is 2. The minimum atomic E-state index is -3.73. The first kappa shape index (κ1) is 17.5. The molecular formula is C17H22N4O3S. The maximum atomic E-state index is 12.7. The van der Waals surface area contributed by atoms with E-state index in [2.05, 4.69) is 9.82 Å². The summed E-state index contributed by atoms with van der Waals surface area (Å²) >= 11 is 0. The lowest BCUT2D eigenvalue weighted by atomic mass is 10.1. The highest BCUT2D eigenvalue weighted by Gasteiger charge is 2.30. The van der Waals surface area contributed by atoms with Gasteiger partial charge in [-0.3, -0.25) is 9.52 Å². The summed E-state index contributed by atoms with van der Waals surface area (Å²) in [4.78, 5) is 13.7. The summed E-state index contributed by atoms with van der Waals surface area (Å²) < 4.78 is 29.7. The van der Waals surface area contributed by atoms with Crippen LogP contribution in [0.5, 0.6) is 0 Å². The summed E-state index contributed by atoms with van der Waals surface area (Å²) in [6.07, 6.45) is 2.20. The van der Waals surface area contributed by atoms with E-state index < -0.39 is 10.0 Å². The molecule has 1 aromatic carbocycles. The third kappa shape index (κ3) is 3.13. The maximum Gasteiger partial charge on any atom is 0.263 e. The summed E-state index contributed by atoms with van der Waals surface area (Å²) in [7, 11) is -3.73. The zero-order valence-electron chi connectivity index (χ0n) is 14.7. The Labute approximate surface area is 147 Å². The number of sulfonamides is 1. The van der Waals surface area contributed by atoms with Gasteiger partial charge in [0.05, 0.1) is 11.1 Å². The van der Waals surface area contributed by atoms with Crippen LogP contribution in [0, 0.1) is 0 Å². The van der Waals surface area contributed by atoms with Gasteiger partial charge in [0.1, 0.15) is 5.82 Å². The molecule has 0 bridgehead atoms. The molecule has 2 heterocycles. The SMILES string of the molecule is CC(=O)N1c2ccc(S(=O)(=O)Nc3ccnn3C(C)C)cc2C[C@@H]1C. The Kier molecular flexibility index (Phi) is 4.32. The van der Waals surface area contributed by atoms with Crippen molar-refractivity contribution in [1.29, 1.82) is 0 Å². The summed E-state index contributed by atoms with van der Waals surface area (Å²) in [5.41, 5.74) is 1.65. The third-order valence-corrected chi connectivity index (χ3v) is 5.67. The van der Waals surface area contributed by atoms with Crippen LogP contribution in [0.4, 0.5) is 11.5 Å². The average Bonchev–Trinajstić information content (AvgIpc) is 3.08. The molecule has 0 saturated carbocycles. The van der Waals surface area contributed by atoms with E-state index in [0.717, 1.165) is 11.3 Å². The Bertz CT molecular complexity index is 918. The number of benzene rings is 1. The molecule has 1 atom stereocenters. The molecule has 0 aliphatic carbocycles. The second kappa shape index (κ2) is 6.18. The number of hydrogen-bond acceptors (Lipinski definition) is 4. The fraction of sp³-hybridized carbons (Fsp3) is 0.412. The fourth-order valence-corrected chi connectivity index (χ4v) is 4.36. The number of nitrogens with zero attached hydrogens (tertiary/aromatic N) is 3. The maximum absolute atomic E-state index is 12.7. The second-order valence-corrected chi connectivity index (χ2v) is 8.28. The average molecular weight is 362 g/mol. The van der Waals surface area contributed by atoms with Crippen LogP contribution in [-0.4, -0.2) is 30.1 Å². The van der Waals surface area contributed by atoms with Crippen molar-refractivity contribution in [2.45, 2.75) is 51.1 Å². The minimum absolute atomic E-state index is 0.0285. The molecule has 0 spiro atoms. The molecular weight excluding hydrogens is 340 g/mol. The van der Waals surface area contributed by atoms with Crippen LogP contribution in [0.3, 0.4) is 0 Å². The zero-order valence-corrected chi connectivity index (χ0v) is 15.5. The van der Waals surface area contributed by atoms with Crippen LogP contribution in [0.25, 0.3) is 0 Å². The van der Waals surface area contributed by atoms with Crippen LogP contribution in [0.15, 0.2) is 35.4 Å². The van der Waals surface area contributed by atoms with Crippen molar-refractivity contribution in [1.82, 2.24) is 9.78 Å². The van der Waals surface area contributed by atoms with Crippen molar-refractivity contribution < 1.29 is 13.2 Å². The van der Waals surface area contributed by atoms with Crippen molar-refractivity contribution in [3.63, 3.8) is 0 Å². The van der Waals surface area contributed by atoms with Gasteiger partial charge in [0.15, 0.2) is 0 Å². The first-order chi connectivity index (χ1) is 11.7. The number of fused-ring (bicyclic) bond motifs is 1. The van der Waals surface area contributed by atoms with Gasteiger partial charge in [0.2, 0.25) is 5.91 Å². The molecule has 1 aromatic heterocycles. The lowest BCUT2D eigenvalue weighted by Gasteiger charge is -2.20. The first-order valence-electron chi connectivity index (χ1n) is 8.20. The molecule has 0 fully saturated rings. The van der Waals surface area contributed by atoms with Crippen LogP contribution in [-0.2, 0) is 21.2 Å². The summed E-state index contributed by atoms with van der Waals surface area (Å²) in [5, 5.41) is 4.14. The fourth-order valence-electron chi connectivity index (χ4n) is 3.26. The van der Waals surface area contributed by atoms with Gasteiger partial charge < -0.3 is 4.90 Å². The Morgan fingerprint density at radius 1 is 1.32 bits per heavy atom. The standard InChI is InChI=1S/C17H22N4O3S/c1-11(2)21-17(7-8-18-21)19-25(23,24)15-5-6-16-14(10-15)9-12(3)20(16)13(4)22/h5-8,10-12,19H,9H2,1-4H3/t12-/m0/s1. The molecule has 0 saturated heterocycles. The van der Waals surface area contributed by atoms with E-state index in [9.17, 15) is 13.2 Å². The molecule has 3 rings (SSSR count). The van der Waals surface area contributed by atoms with E-state index >= 15 is 0 Å². The predicted octanol–water partition coefficient (Wildman–Crippen LogP) is 2.56. The quantitative estimate of drug-likeness (QED) is 0.906. The molecule has 7 nitrogen and oxygen atoms in total. The summed E-state index contributed by atoms with van der Waals surface area (Å²) in [6.45, 7) is 7.33. The number of amides is 1. The lowest BCUT2D eigenvalue weighted by Crippen LogP contribution is -2.33. The Balaban J connectivity index is 1.93. The van der Waals surface area contributed by atoms with Gasteiger partial charge in [-0.15, -0.1) is 0 Å². The Morgan fingerprint density at radius 2 is 2.04 bits per heavy atom. The van der Waals surface area contributed by atoms with E-state index in [0.29, 0.717) is 12.2 Å². The van der Waals surface area contributed by atoms with Crippen molar-refractivity contribution in [3.05, 3.63) is 36.0 Å². The van der Waals surface area contributed by atoms with Crippen molar-refractivity contribution in [3.8, 4) is 0 Å². The molecule has 25 heavy (non-hydrogen) atoms. The largest absolute Gasteiger partial charge is 0.309 e. The zero-order chi connectivity index (χ0) is 18.4. The van der Waals surface area contributed by atoms with E-state index in [1.165, 1.54) is 13.0 Å². The van der Waals surface area contributed by atoms with Crippen LogP contribution in [0.1, 0.15) is 39.3 Å². The van der Waals surface area contributed by atoms with E-state index in [-0.39, 0.29) is 22.9 Å². The third-order valence-electron chi connectivity index (χ3n) is 4.31. The van der Waals surface area contributed by atoms with Crippen molar-refractivity contribution >= 4 is 27.4 Å². The predicted molar refractivity (Wildman–Crippen MR) is 96.2 cm³/mol. The number of nitrogens with one attached hydrogen (secondary N) is 1. The van der Waals surface area contributed by atoms with Crippen LogP contribution >= 0.6 is 0 Å². The topological polar surface area (TPSA) is 84.3 Å². The smallest absolute Gasteiger partial charge is 0.263 e. The van der Waals surface area contributed by atoms with Gasteiger partial charge in [0.25, 0.3) is 10.0 Å². The lowest BCUT2D eigenvalue weighted by molar-refractivity contribution is -0.116. The number of hydrogen-bond donors (Lipinski definition) is 1. The highest BCUT2D eigenvalue weighted by Crippen LogP contribution is 2.34. The van der Waals surface area contributed by atoms with E-state index in [4.69, 9.17) is 0 Å². The van der Waals surface area contributed by atoms with Gasteiger partial charge in [-0.1, -0.05) is 0 Å². The van der Waals surface area contributed by atoms with Gasteiger partial charge in [-0.2, -0.15) is 5.10 Å². The van der Waals surface area contributed by atoms with Crippen molar-refractivity contribution in [2.24, 2.45) is 0 Å². The van der Waals surface area contributed by atoms with Crippen LogP contribution in [0.2, 0.25) is 0 Å². The number of carbonyl (C=O) groups is 1. The number of carbonyl (C=O) groups excluding carboxylic acids is 1. The second-order valence-electron chi connectivity index (χ2n) is 6.59. The molecule has 0 radical (unpaired) electrons. The molecule has 134 valence electrons. The highest BCUT2D eigenvalue weighted by molar-refractivity contribution is 7.92. The molecule has 1 aliphatic rings. The molecule has 8 heteroatoms. The summed E-state index contributed by atoms with van der Waals surface area (Å²) in [6, 6.07) is 6.58. The molecule has 2 aromatic rings. The highest BCUT2D eigenvalue weighted by atomic mass is 32.2.